The molecule has 0 saturated heterocycles. The monoisotopic (exact) mass is 569 g/mol. The van der Waals surface area contributed by atoms with Crippen LogP contribution in [0, 0.1) is 6.92 Å². The lowest BCUT2D eigenvalue weighted by molar-refractivity contribution is -0.139. The molecule has 208 valence electrons. The van der Waals surface area contributed by atoms with Crippen molar-refractivity contribution in [1.29, 1.82) is 0 Å². The SMILES string of the molecule is CCNC(=O)C(C)N(Cc1cccc(Cl)c1)C(=O)CN(c1ccc(C(C)C)cc1)S(=O)(=O)c1ccc(C)cc1. The smallest absolute Gasteiger partial charge is 0.264 e. The number of nitrogens with one attached hydrogen (secondary N) is 1. The molecule has 2 amide bonds. The van der Waals surface area contributed by atoms with E-state index in [1.54, 1.807) is 56.3 Å². The summed E-state index contributed by atoms with van der Waals surface area (Å²) in [6, 6.07) is 19.8. The fraction of sp³-hybridized carbons (Fsp3) is 0.333. The molecule has 7 nitrogen and oxygen atoms in total. The molecule has 0 aromatic heterocycles. The number of carbonyl (C=O) groups is 2. The molecule has 0 spiro atoms. The summed E-state index contributed by atoms with van der Waals surface area (Å²) in [7, 11) is -4.10. The molecule has 0 aliphatic heterocycles. The lowest BCUT2D eigenvalue weighted by atomic mass is 10.0. The normalized spacial score (nSPS) is 12.2. The number of hydrogen-bond donors (Lipinski definition) is 1. The molecule has 39 heavy (non-hydrogen) atoms. The highest BCUT2D eigenvalue weighted by atomic mass is 35.5. The van der Waals surface area contributed by atoms with Crippen LogP contribution in [0.3, 0.4) is 0 Å². The average molecular weight is 570 g/mol. The number of halogens is 1. The van der Waals surface area contributed by atoms with Gasteiger partial charge in [0.1, 0.15) is 12.6 Å². The third-order valence-corrected chi connectivity index (χ3v) is 8.52. The fourth-order valence-electron chi connectivity index (χ4n) is 4.13. The quantitative estimate of drug-likeness (QED) is 0.329. The van der Waals surface area contributed by atoms with Crippen LogP contribution < -0.4 is 9.62 Å². The van der Waals surface area contributed by atoms with Crippen molar-refractivity contribution in [3.05, 3.63) is 94.5 Å². The average Bonchev–Trinajstić information content (AvgIpc) is 2.90. The van der Waals surface area contributed by atoms with Gasteiger partial charge in [-0.25, -0.2) is 8.42 Å². The molecular weight excluding hydrogens is 534 g/mol. The van der Waals surface area contributed by atoms with E-state index in [1.165, 1.54) is 17.0 Å². The Kier molecular flexibility index (Phi) is 10.2. The number of hydrogen-bond acceptors (Lipinski definition) is 4. The Bertz CT molecular complexity index is 1390. The second-order valence-electron chi connectivity index (χ2n) is 9.79. The van der Waals surface area contributed by atoms with Crippen molar-refractivity contribution in [2.45, 2.75) is 58.0 Å². The summed E-state index contributed by atoms with van der Waals surface area (Å²) in [6.45, 7) is 9.40. The number of anilines is 1. The topological polar surface area (TPSA) is 86.8 Å². The van der Waals surface area contributed by atoms with E-state index in [1.807, 2.05) is 25.1 Å². The van der Waals surface area contributed by atoms with E-state index in [0.29, 0.717) is 17.3 Å². The Balaban J connectivity index is 2.04. The van der Waals surface area contributed by atoms with Crippen molar-refractivity contribution in [2.24, 2.45) is 0 Å². The van der Waals surface area contributed by atoms with Gasteiger partial charge in [0.15, 0.2) is 0 Å². The Labute approximate surface area is 236 Å². The molecule has 1 unspecified atom stereocenters. The van der Waals surface area contributed by atoms with E-state index in [0.717, 1.165) is 21.0 Å². The predicted octanol–water partition coefficient (Wildman–Crippen LogP) is 5.52. The Morgan fingerprint density at radius 3 is 2.15 bits per heavy atom. The Hall–Kier alpha value is -3.36. The van der Waals surface area contributed by atoms with Crippen LogP contribution in [-0.2, 0) is 26.2 Å². The molecule has 3 aromatic carbocycles. The molecule has 1 atom stereocenters. The Morgan fingerprint density at radius 1 is 0.949 bits per heavy atom. The van der Waals surface area contributed by atoms with Gasteiger partial charge in [0, 0.05) is 18.1 Å². The van der Waals surface area contributed by atoms with Gasteiger partial charge in [0.2, 0.25) is 11.8 Å². The second-order valence-corrected chi connectivity index (χ2v) is 12.1. The molecule has 0 bridgehead atoms. The summed E-state index contributed by atoms with van der Waals surface area (Å²) < 4.78 is 28.9. The first-order valence-electron chi connectivity index (χ1n) is 12.9. The largest absolute Gasteiger partial charge is 0.355 e. The van der Waals surface area contributed by atoms with E-state index >= 15 is 0 Å². The van der Waals surface area contributed by atoms with E-state index in [4.69, 9.17) is 11.6 Å². The van der Waals surface area contributed by atoms with Crippen LogP contribution in [0.4, 0.5) is 5.69 Å². The van der Waals surface area contributed by atoms with Crippen molar-refractivity contribution in [2.75, 3.05) is 17.4 Å². The summed E-state index contributed by atoms with van der Waals surface area (Å²) >= 11 is 6.17. The van der Waals surface area contributed by atoms with Gasteiger partial charge in [-0.1, -0.05) is 67.4 Å². The van der Waals surface area contributed by atoms with E-state index < -0.39 is 28.5 Å². The highest BCUT2D eigenvalue weighted by Gasteiger charge is 2.32. The maximum atomic E-state index is 13.9. The first-order chi connectivity index (χ1) is 18.4. The van der Waals surface area contributed by atoms with Gasteiger partial charge in [0.05, 0.1) is 10.6 Å². The summed E-state index contributed by atoms with van der Waals surface area (Å²) in [5, 5.41) is 3.25. The van der Waals surface area contributed by atoms with Crippen LogP contribution in [0.15, 0.2) is 77.7 Å². The maximum absolute atomic E-state index is 13.9. The van der Waals surface area contributed by atoms with Crippen LogP contribution in [0.5, 0.6) is 0 Å². The molecule has 9 heteroatoms. The molecule has 0 aliphatic rings. The summed E-state index contributed by atoms with van der Waals surface area (Å²) in [4.78, 5) is 28.1. The van der Waals surface area contributed by atoms with Crippen LogP contribution in [0.25, 0.3) is 0 Å². The van der Waals surface area contributed by atoms with Crippen molar-refractivity contribution in [1.82, 2.24) is 10.2 Å². The first kappa shape index (κ1) is 30.2. The minimum atomic E-state index is -4.10. The van der Waals surface area contributed by atoms with Gasteiger partial charge in [0.25, 0.3) is 10.0 Å². The lowest BCUT2D eigenvalue weighted by Gasteiger charge is -2.32. The standard InChI is InChI=1S/C30H36ClN3O4S/c1-6-32-30(36)23(5)33(19-24-8-7-9-26(31)18-24)29(35)20-34(27-14-12-25(13-15-27)21(2)3)39(37,38)28-16-10-22(4)11-17-28/h7-18,21,23H,6,19-20H2,1-5H3,(H,32,36). The zero-order valence-electron chi connectivity index (χ0n) is 23.0. The third-order valence-electron chi connectivity index (χ3n) is 6.50. The van der Waals surface area contributed by atoms with Gasteiger partial charge in [-0.3, -0.25) is 13.9 Å². The van der Waals surface area contributed by atoms with Crippen molar-refractivity contribution >= 4 is 39.1 Å². The van der Waals surface area contributed by atoms with Gasteiger partial charge in [-0.05, 0) is 74.2 Å². The van der Waals surface area contributed by atoms with E-state index in [-0.39, 0.29) is 23.3 Å². The maximum Gasteiger partial charge on any atom is 0.264 e. The minimum absolute atomic E-state index is 0.0759. The van der Waals surface area contributed by atoms with Crippen LogP contribution in [0.2, 0.25) is 5.02 Å². The fourth-order valence-corrected chi connectivity index (χ4v) is 5.76. The zero-order valence-corrected chi connectivity index (χ0v) is 24.6. The number of sulfonamides is 1. The van der Waals surface area contributed by atoms with Crippen LogP contribution in [-0.4, -0.2) is 44.3 Å². The molecule has 0 saturated carbocycles. The zero-order chi connectivity index (χ0) is 28.7. The molecule has 3 rings (SSSR count). The summed E-state index contributed by atoms with van der Waals surface area (Å²) in [6.07, 6.45) is 0. The molecule has 3 aromatic rings. The van der Waals surface area contributed by atoms with Crippen LogP contribution in [0.1, 0.15) is 50.3 Å². The molecular formula is C30H36ClN3O4S. The molecule has 0 fully saturated rings. The molecule has 0 aliphatic carbocycles. The van der Waals surface area contributed by atoms with Crippen molar-refractivity contribution < 1.29 is 18.0 Å². The number of nitrogens with zero attached hydrogens (tertiary/aromatic N) is 2. The van der Waals surface area contributed by atoms with Gasteiger partial charge in [-0.2, -0.15) is 0 Å². The van der Waals surface area contributed by atoms with Gasteiger partial charge >= 0.3 is 0 Å². The molecule has 0 heterocycles. The number of amides is 2. The van der Waals surface area contributed by atoms with Crippen molar-refractivity contribution in [3.63, 3.8) is 0 Å². The summed E-state index contributed by atoms with van der Waals surface area (Å²) in [5.41, 5.74) is 3.05. The van der Waals surface area contributed by atoms with Gasteiger partial charge in [-0.15, -0.1) is 0 Å². The third kappa shape index (κ3) is 7.61. The lowest BCUT2D eigenvalue weighted by Crippen LogP contribution is -2.51. The Morgan fingerprint density at radius 2 is 1.59 bits per heavy atom. The molecule has 0 radical (unpaired) electrons. The number of aryl methyl sites for hydroxylation is 1. The van der Waals surface area contributed by atoms with Crippen molar-refractivity contribution in [3.8, 4) is 0 Å². The number of benzene rings is 3. The number of rotatable bonds is 11. The second kappa shape index (κ2) is 13.1. The molecule has 1 N–H and O–H groups in total. The predicted molar refractivity (Wildman–Crippen MR) is 156 cm³/mol. The van der Waals surface area contributed by atoms with Gasteiger partial charge < -0.3 is 10.2 Å². The first-order valence-corrected chi connectivity index (χ1v) is 14.8. The van der Waals surface area contributed by atoms with E-state index in [9.17, 15) is 18.0 Å². The van der Waals surface area contributed by atoms with E-state index in [2.05, 4.69) is 19.2 Å². The summed E-state index contributed by atoms with van der Waals surface area (Å²) in [5.74, 6) is -0.589. The highest BCUT2D eigenvalue weighted by molar-refractivity contribution is 7.92. The highest BCUT2D eigenvalue weighted by Crippen LogP contribution is 2.27. The van der Waals surface area contributed by atoms with Crippen LogP contribution >= 0.6 is 11.6 Å². The minimum Gasteiger partial charge on any atom is -0.355 e. The number of carbonyl (C=O) groups excluding carboxylic acids is 2. The number of likely N-dealkylation sites (N-methyl/N-ethyl adjacent to an activating group) is 1.